The van der Waals surface area contributed by atoms with Gasteiger partial charge in [-0.05, 0) is 37.0 Å². The highest BCUT2D eigenvalue weighted by molar-refractivity contribution is 6.28. The molecule has 5 nitrogen and oxygen atoms in total. The van der Waals surface area contributed by atoms with Crippen LogP contribution >= 0.6 is 11.6 Å². The van der Waals surface area contributed by atoms with Crippen LogP contribution in [0.15, 0.2) is 24.3 Å². The normalized spacial score (nSPS) is 10.1. The quantitative estimate of drug-likeness (QED) is 0.534. The number of hydrogen-bond donors (Lipinski definition) is 3. The first kappa shape index (κ1) is 16.5. The van der Waals surface area contributed by atoms with Gasteiger partial charge in [-0.25, -0.2) is 4.79 Å². The minimum absolute atomic E-state index is 0.219. The number of amides is 3. The Labute approximate surface area is 123 Å². The Hall–Kier alpha value is -1.59. The van der Waals surface area contributed by atoms with E-state index >= 15 is 0 Å². The van der Waals surface area contributed by atoms with Crippen LogP contribution in [0.2, 0.25) is 0 Å². The molecule has 6 heteroatoms. The number of aryl methyl sites for hydroxylation is 1. The van der Waals surface area contributed by atoms with Crippen LogP contribution in [0, 0.1) is 0 Å². The van der Waals surface area contributed by atoms with E-state index in [4.69, 9.17) is 16.7 Å². The average molecular weight is 299 g/mol. The summed E-state index contributed by atoms with van der Waals surface area (Å²) < 4.78 is 0. The van der Waals surface area contributed by atoms with Gasteiger partial charge < -0.3 is 10.4 Å². The van der Waals surface area contributed by atoms with Crippen LogP contribution in [0.4, 0.5) is 10.5 Å². The SMILES string of the molecule is O=C(CCl)NC(=O)Nc1cccc(CCCCCO)c1. The molecule has 0 radical (unpaired) electrons. The number of aliphatic hydroxyl groups is 1. The standard InChI is InChI=1S/C14H19ClN2O3/c15-10-13(19)17-14(20)16-12-7-4-6-11(9-12)5-2-1-3-8-18/h4,6-7,9,18H,1-3,5,8,10H2,(H2,16,17,19,20). The number of hydrogen-bond acceptors (Lipinski definition) is 3. The van der Waals surface area contributed by atoms with Gasteiger partial charge in [0.15, 0.2) is 0 Å². The van der Waals surface area contributed by atoms with Crippen LogP contribution in [-0.4, -0.2) is 29.5 Å². The third-order valence-electron chi connectivity index (χ3n) is 2.68. The lowest BCUT2D eigenvalue weighted by Gasteiger charge is -2.07. The summed E-state index contributed by atoms with van der Waals surface area (Å²) in [6.45, 7) is 0.219. The molecule has 0 aromatic heterocycles. The molecule has 1 aromatic rings. The number of carbonyl (C=O) groups excluding carboxylic acids is 2. The van der Waals surface area contributed by atoms with Gasteiger partial charge >= 0.3 is 6.03 Å². The Bertz CT molecular complexity index is 452. The van der Waals surface area contributed by atoms with Crippen molar-refractivity contribution in [2.75, 3.05) is 17.8 Å². The van der Waals surface area contributed by atoms with Gasteiger partial charge in [0.25, 0.3) is 0 Å². The highest BCUT2D eigenvalue weighted by Gasteiger charge is 2.06. The Morgan fingerprint density at radius 1 is 1.20 bits per heavy atom. The van der Waals surface area contributed by atoms with Crippen molar-refractivity contribution in [1.29, 1.82) is 0 Å². The van der Waals surface area contributed by atoms with Crippen molar-refractivity contribution in [3.05, 3.63) is 29.8 Å². The molecular weight excluding hydrogens is 280 g/mol. The molecule has 0 fully saturated rings. The fraction of sp³-hybridized carbons (Fsp3) is 0.429. The second-order valence-electron chi connectivity index (χ2n) is 4.37. The molecule has 0 unspecified atom stereocenters. The van der Waals surface area contributed by atoms with E-state index in [2.05, 4.69) is 10.6 Å². The maximum absolute atomic E-state index is 11.5. The molecule has 3 amide bonds. The average Bonchev–Trinajstić information content (AvgIpc) is 2.43. The molecule has 0 saturated carbocycles. The molecule has 0 saturated heterocycles. The van der Waals surface area contributed by atoms with Crippen LogP contribution in [0.3, 0.4) is 0 Å². The van der Waals surface area contributed by atoms with Crippen molar-refractivity contribution in [1.82, 2.24) is 5.32 Å². The van der Waals surface area contributed by atoms with Crippen molar-refractivity contribution in [2.45, 2.75) is 25.7 Å². The van der Waals surface area contributed by atoms with E-state index in [9.17, 15) is 9.59 Å². The second kappa shape index (κ2) is 9.34. The number of benzene rings is 1. The molecule has 0 aliphatic rings. The third-order valence-corrected chi connectivity index (χ3v) is 2.93. The topological polar surface area (TPSA) is 78.4 Å². The fourth-order valence-corrected chi connectivity index (χ4v) is 1.81. The number of anilines is 1. The highest BCUT2D eigenvalue weighted by atomic mass is 35.5. The highest BCUT2D eigenvalue weighted by Crippen LogP contribution is 2.13. The lowest BCUT2D eigenvalue weighted by molar-refractivity contribution is -0.117. The van der Waals surface area contributed by atoms with Crippen LogP contribution in [0.25, 0.3) is 0 Å². The number of halogens is 1. The first-order valence-corrected chi connectivity index (χ1v) is 7.05. The smallest absolute Gasteiger partial charge is 0.325 e. The third kappa shape index (κ3) is 6.54. The molecule has 0 spiro atoms. The number of rotatable bonds is 7. The second-order valence-corrected chi connectivity index (χ2v) is 4.64. The fourth-order valence-electron chi connectivity index (χ4n) is 1.74. The van der Waals surface area contributed by atoms with Crippen LogP contribution in [0.1, 0.15) is 24.8 Å². The molecule has 0 bridgehead atoms. The summed E-state index contributed by atoms with van der Waals surface area (Å²) in [5.74, 6) is -0.789. The number of urea groups is 1. The van der Waals surface area contributed by atoms with E-state index in [0.29, 0.717) is 5.69 Å². The zero-order chi connectivity index (χ0) is 14.8. The zero-order valence-corrected chi connectivity index (χ0v) is 11.9. The van der Waals surface area contributed by atoms with Crippen molar-refractivity contribution in [2.24, 2.45) is 0 Å². The molecule has 0 heterocycles. The summed E-state index contributed by atoms with van der Waals surface area (Å²) in [7, 11) is 0. The van der Waals surface area contributed by atoms with E-state index in [0.717, 1.165) is 31.2 Å². The molecule has 1 aromatic carbocycles. The molecule has 0 aliphatic carbocycles. The Balaban J connectivity index is 2.46. The van der Waals surface area contributed by atoms with Crippen LogP contribution in [0.5, 0.6) is 0 Å². The van der Waals surface area contributed by atoms with Gasteiger partial charge in [-0.1, -0.05) is 18.6 Å². The lowest BCUT2D eigenvalue weighted by atomic mass is 10.1. The van der Waals surface area contributed by atoms with Gasteiger partial charge in [-0.3, -0.25) is 10.1 Å². The predicted octanol–water partition coefficient (Wildman–Crippen LogP) is 2.28. The van der Waals surface area contributed by atoms with Gasteiger partial charge in [-0.15, -0.1) is 11.6 Å². The maximum atomic E-state index is 11.5. The lowest BCUT2D eigenvalue weighted by Crippen LogP contribution is -2.35. The van der Waals surface area contributed by atoms with Crippen molar-refractivity contribution in [3.63, 3.8) is 0 Å². The largest absolute Gasteiger partial charge is 0.396 e. The Kier molecular flexibility index (Phi) is 7.69. The molecule has 3 N–H and O–H groups in total. The number of nitrogens with one attached hydrogen (secondary N) is 2. The predicted molar refractivity (Wildman–Crippen MR) is 79.0 cm³/mol. The first-order chi connectivity index (χ1) is 9.65. The summed E-state index contributed by atoms with van der Waals surface area (Å²) in [5.41, 5.74) is 1.73. The molecule has 0 aliphatic heterocycles. The zero-order valence-electron chi connectivity index (χ0n) is 11.2. The maximum Gasteiger partial charge on any atom is 0.325 e. The van der Waals surface area contributed by atoms with Crippen molar-refractivity contribution < 1.29 is 14.7 Å². The van der Waals surface area contributed by atoms with Gasteiger partial charge in [0.1, 0.15) is 5.88 Å². The van der Waals surface area contributed by atoms with E-state index in [1.807, 2.05) is 18.2 Å². The molecular formula is C14H19ClN2O3. The molecule has 0 atom stereocenters. The summed E-state index contributed by atoms with van der Waals surface area (Å²) in [4.78, 5) is 22.4. The van der Waals surface area contributed by atoms with Gasteiger partial charge in [0, 0.05) is 12.3 Å². The number of unbranched alkanes of at least 4 members (excludes halogenated alkanes) is 2. The van der Waals surface area contributed by atoms with Crippen molar-refractivity contribution >= 4 is 29.2 Å². The van der Waals surface area contributed by atoms with Crippen molar-refractivity contribution in [3.8, 4) is 0 Å². The molecule has 1 rings (SSSR count). The summed E-state index contributed by atoms with van der Waals surface area (Å²) in [5, 5.41) is 13.4. The Morgan fingerprint density at radius 2 is 2.00 bits per heavy atom. The monoisotopic (exact) mass is 298 g/mol. The van der Waals surface area contributed by atoms with Gasteiger partial charge in [0.05, 0.1) is 0 Å². The number of aliphatic hydroxyl groups excluding tert-OH is 1. The first-order valence-electron chi connectivity index (χ1n) is 6.52. The van der Waals surface area contributed by atoms with E-state index in [1.54, 1.807) is 6.07 Å². The Morgan fingerprint density at radius 3 is 2.70 bits per heavy atom. The number of imide groups is 1. The summed E-state index contributed by atoms with van der Waals surface area (Å²) in [6.07, 6.45) is 3.65. The molecule has 20 heavy (non-hydrogen) atoms. The number of alkyl halides is 1. The summed E-state index contributed by atoms with van der Waals surface area (Å²) >= 11 is 5.30. The van der Waals surface area contributed by atoms with E-state index in [-0.39, 0.29) is 12.5 Å². The summed E-state index contributed by atoms with van der Waals surface area (Å²) in [6, 6.07) is 6.85. The van der Waals surface area contributed by atoms with E-state index in [1.165, 1.54) is 0 Å². The minimum atomic E-state index is -0.590. The minimum Gasteiger partial charge on any atom is -0.396 e. The van der Waals surface area contributed by atoms with Crippen LogP contribution < -0.4 is 10.6 Å². The molecule has 110 valence electrons. The van der Waals surface area contributed by atoms with Gasteiger partial charge in [0.2, 0.25) is 5.91 Å². The number of carbonyl (C=O) groups is 2. The van der Waals surface area contributed by atoms with E-state index < -0.39 is 11.9 Å². The van der Waals surface area contributed by atoms with Gasteiger partial charge in [-0.2, -0.15) is 0 Å². The van der Waals surface area contributed by atoms with Crippen LogP contribution in [-0.2, 0) is 11.2 Å².